The Hall–Kier alpha value is -2.86. The third kappa shape index (κ3) is 7.80. The van der Waals surface area contributed by atoms with Gasteiger partial charge in [-0.15, -0.1) is 0 Å². The zero-order valence-corrected chi connectivity index (χ0v) is 16.4. The summed E-state index contributed by atoms with van der Waals surface area (Å²) in [6, 6.07) is 14.3. The van der Waals surface area contributed by atoms with Crippen LogP contribution in [-0.4, -0.2) is 30.9 Å². The van der Waals surface area contributed by atoms with Gasteiger partial charge in [-0.1, -0.05) is 41.4 Å². The number of benzene rings is 2. The Morgan fingerprint density at radius 1 is 0.964 bits per heavy atom. The van der Waals surface area contributed by atoms with E-state index in [4.69, 9.17) is 16.3 Å². The Bertz CT molecular complexity index is 804. The highest BCUT2D eigenvalue weighted by atomic mass is 35.5. The van der Waals surface area contributed by atoms with E-state index in [2.05, 4.69) is 10.6 Å². The smallest absolute Gasteiger partial charge is 0.306 e. The lowest BCUT2D eigenvalue weighted by Crippen LogP contribution is -2.28. The molecule has 0 unspecified atom stereocenters. The molecule has 2 N–H and O–H groups in total. The number of amides is 2. The number of carbonyl (C=O) groups excluding carboxylic acids is 3. The molecule has 0 aromatic heterocycles. The van der Waals surface area contributed by atoms with E-state index in [0.717, 1.165) is 11.1 Å². The van der Waals surface area contributed by atoms with Crippen LogP contribution in [-0.2, 0) is 20.9 Å². The van der Waals surface area contributed by atoms with Crippen LogP contribution in [0.4, 0.5) is 0 Å². The maximum Gasteiger partial charge on any atom is 0.306 e. The van der Waals surface area contributed by atoms with E-state index in [1.165, 1.54) is 0 Å². The molecule has 0 aliphatic carbocycles. The third-order valence-corrected chi connectivity index (χ3v) is 4.18. The summed E-state index contributed by atoms with van der Waals surface area (Å²) >= 11 is 5.77. The predicted octanol–water partition coefficient (Wildman–Crippen LogP) is 3.02. The molecule has 2 amide bonds. The van der Waals surface area contributed by atoms with Gasteiger partial charge in [0.1, 0.15) is 0 Å². The molecule has 28 heavy (non-hydrogen) atoms. The second-order valence-corrected chi connectivity index (χ2v) is 6.73. The quantitative estimate of drug-likeness (QED) is 0.498. The first-order chi connectivity index (χ1) is 13.4. The minimum absolute atomic E-state index is 0.117. The van der Waals surface area contributed by atoms with Crippen LogP contribution >= 0.6 is 11.6 Å². The number of carbonyl (C=O) groups is 3. The van der Waals surface area contributed by atoms with Gasteiger partial charge in [-0.25, -0.2) is 0 Å². The number of rotatable bonds is 9. The molecule has 0 saturated heterocycles. The summed E-state index contributed by atoms with van der Waals surface area (Å²) in [6.07, 6.45) is 0.537. The van der Waals surface area contributed by atoms with E-state index in [-0.39, 0.29) is 24.8 Å². The summed E-state index contributed by atoms with van der Waals surface area (Å²) < 4.78 is 4.94. The molecule has 6 nitrogen and oxygen atoms in total. The molecule has 2 aromatic carbocycles. The summed E-state index contributed by atoms with van der Waals surface area (Å²) in [6.45, 7) is 2.39. The summed E-state index contributed by atoms with van der Waals surface area (Å²) in [4.78, 5) is 35.3. The fraction of sp³-hybridized carbons (Fsp3) is 0.286. The number of nitrogens with one attached hydrogen (secondary N) is 2. The molecule has 7 heteroatoms. The molecular formula is C21H23ClN2O4. The van der Waals surface area contributed by atoms with Crippen molar-refractivity contribution in [3.05, 3.63) is 70.2 Å². The fourth-order valence-electron chi connectivity index (χ4n) is 2.31. The first kappa shape index (κ1) is 21.4. The molecular weight excluding hydrogens is 380 g/mol. The van der Waals surface area contributed by atoms with Crippen molar-refractivity contribution in [3.63, 3.8) is 0 Å². The number of hydrogen-bond donors (Lipinski definition) is 2. The second kappa shape index (κ2) is 11.1. The van der Waals surface area contributed by atoms with Gasteiger partial charge in [-0.05, 0) is 43.2 Å². The van der Waals surface area contributed by atoms with Gasteiger partial charge in [0.15, 0.2) is 6.61 Å². The monoisotopic (exact) mass is 402 g/mol. The Labute approximate surface area is 169 Å². The molecule has 0 bridgehead atoms. The van der Waals surface area contributed by atoms with Gasteiger partial charge in [0.2, 0.25) is 0 Å². The molecule has 0 fully saturated rings. The second-order valence-electron chi connectivity index (χ2n) is 6.29. The van der Waals surface area contributed by atoms with Crippen molar-refractivity contribution in [1.29, 1.82) is 0 Å². The highest BCUT2D eigenvalue weighted by Gasteiger charge is 2.09. The lowest BCUT2D eigenvalue weighted by molar-refractivity contribution is -0.148. The molecule has 0 aliphatic heterocycles. The summed E-state index contributed by atoms with van der Waals surface area (Å²) in [5.74, 6) is -1.07. The average molecular weight is 403 g/mol. The molecule has 2 aromatic rings. The average Bonchev–Trinajstić information content (AvgIpc) is 2.69. The van der Waals surface area contributed by atoms with Crippen LogP contribution < -0.4 is 10.6 Å². The number of halogens is 1. The molecule has 0 atom stereocenters. The minimum Gasteiger partial charge on any atom is -0.456 e. The summed E-state index contributed by atoms with van der Waals surface area (Å²) in [7, 11) is 0. The van der Waals surface area contributed by atoms with E-state index in [1.807, 2.05) is 31.2 Å². The normalized spacial score (nSPS) is 10.2. The van der Waals surface area contributed by atoms with E-state index in [9.17, 15) is 14.4 Å². The van der Waals surface area contributed by atoms with Gasteiger partial charge in [0.25, 0.3) is 11.8 Å². The van der Waals surface area contributed by atoms with Crippen molar-refractivity contribution < 1.29 is 19.1 Å². The molecule has 0 radical (unpaired) electrons. The largest absolute Gasteiger partial charge is 0.456 e. The molecule has 148 valence electrons. The molecule has 0 heterocycles. The van der Waals surface area contributed by atoms with Crippen molar-refractivity contribution in [2.75, 3.05) is 13.2 Å². The van der Waals surface area contributed by atoms with Crippen molar-refractivity contribution in [2.45, 2.75) is 26.3 Å². The van der Waals surface area contributed by atoms with Crippen LogP contribution in [0.3, 0.4) is 0 Å². The topological polar surface area (TPSA) is 84.5 Å². The minimum atomic E-state index is -0.480. The van der Waals surface area contributed by atoms with Crippen LogP contribution in [0.2, 0.25) is 5.02 Å². The highest BCUT2D eigenvalue weighted by Crippen LogP contribution is 2.09. The Morgan fingerprint density at radius 2 is 1.64 bits per heavy atom. The zero-order chi connectivity index (χ0) is 20.4. The van der Waals surface area contributed by atoms with Crippen molar-refractivity contribution in [2.24, 2.45) is 0 Å². The highest BCUT2D eigenvalue weighted by molar-refractivity contribution is 6.30. The van der Waals surface area contributed by atoms with Gasteiger partial charge >= 0.3 is 5.97 Å². The zero-order valence-electron chi connectivity index (χ0n) is 15.7. The first-order valence-electron chi connectivity index (χ1n) is 8.95. The van der Waals surface area contributed by atoms with Crippen LogP contribution in [0.25, 0.3) is 0 Å². The lowest BCUT2D eigenvalue weighted by atomic mass is 10.1. The standard InChI is InChI=1S/C21H23ClN2O4/c1-15-4-6-16(7-5-15)13-24-19(25)14-28-20(26)3-2-12-23-21(27)17-8-10-18(22)11-9-17/h4-11H,2-3,12-14H2,1H3,(H,23,27)(H,24,25). The third-order valence-electron chi connectivity index (χ3n) is 3.92. The van der Waals surface area contributed by atoms with Gasteiger partial charge in [-0.2, -0.15) is 0 Å². The SMILES string of the molecule is Cc1ccc(CNC(=O)COC(=O)CCCNC(=O)c2ccc(Cl)cc2)cc1. The first-order valence-corrected chi connectivity index (χ1v) is 9.33. The molecule has 0 aliphatic rings. The predicted molar refractivity (Wildman–Crippen MR) is 107 cm³/mol. The Morgan fingerprint density at radius 3 is 2.32 bits per heavy atom. The van der Waals surface area contributed by atoms with Crippen LogP contribution in [0, 0.1) is 6.92 Å². The Kier molecular flexibility index (Phi) is 8.49. The molecule has 0 spiro atoms. The van der Waals surface area contributed by atoms with E-state index >= 15 is 0 Å². The number of esters is 1. The Balaban J connectivity index is 1.56. The van der Waals surface area contributed by atoms with Crippen LogP contribution in [0.1, 0.15) is 34.3 Å². The van der Waals surface area contributed by atoms with Gasteiger partial charge in [-0.3, -0.25) is 14.4 Å². The van der Waals surface area contributed by atoms with Gasteiger partial charge in [0.05, 0.1) is 0 Å². The van der Waals surface area contributed by atoms with Crippen LogP contribution in [0.15, 0.2) is 48.5 Å². The van der Waals surface area contributed by atoms with E-state index < -0.39 is 5.97 Å². The summed E-state index contributed by atoms with van der Waals surface area (Å²) in [5.41, 5.74) is 2.62. The summed E-state index contributed by atoms with van der Waals surface area (Å²) in [5, 5.41) is 5.97. The van der Waals surface area contributed by atoms with Crippen molar-refractivity contribution >= 4 is 29.4 Å². The van der Waals surface area contributed by atoms with Crippen LogP contribution in [0.5, 0.6) is 0 Å². The number of hydrogen-bond acceptors (Lipinski definition) is 4. The van der Waals surface area contributed by atoms with E-state index in [0.29, 0.717) is 30.1 Å². The van der Waals surface area contributed by atoms with E-state index in [1.54, 1.807) is 24.3 Å². The maximum atomic E-state index is 11.9. The van der Waals surface area contributed by atoms with Crippen molar-refractivity contribution in [1.82, 2.24) is 10.6 Å². The molecule has 0 saturated carbocycles. The molecule has 2 rings (SSSR count). The number of ether oxygens (including phenoxy) is 1. The van der Waals surface area contributed by atoms with Crippen molar-refractivity contribution in [3.8, 4) is 0 Å². The maximum absolute atomic E-state index is 11.9. The van der Waals surface area contributed by atoms with Gasteiger partial charge in [0, 0.05) is 30.1 Å². The van der Waals surface area contributed by atoms with Gasteiger partial charge < -0.3 is 15.4 Å². The lowest BCUT2D eigenvalue weighted by Gasteiger charge is -2.08. The fourth-order valence-corrected chi connectivity index (χ4v) is 2.44. The number of aryl methyl sites for hydroxylation is 1.